The summed E-state index contributed by atoms with van der Waals surface area (Å²) >= 11 is 0. The highest BCUT2D eigenvalue weighted by molar-refractivity contribution is 5.94. The molecule has 1 unspecified atom stereocenters. The Balaban J connectivity index is 1.31. The number of carbonyl (C=O) groups is 1. The summed E-state index contributed by atoms with van der Waals surface area (Å²) in [7, 11) is 1.59. The lowest BCUT2D eigenvalue weighted by molar-refractivity contribution is 0.0671. The number of ether oxygens (including phenoxy) is 1. The van der Waals surface area contributed by atoms with Crippen LogP contribution < -0.4 is 4.74 Å². The van der Waals surface area contributed by atoms with E-state index < -0.39 is 0 Å². The summed E-state index contributed by atoms with van der Waals surface area (Å²) in [5.41, 5.74) is 1.99. The molecule has 2 aromatic heterocycles. The van der Waals surface area contributed by atoms with Crippen molar-refractivity contribution < 1.29 is 14.1 Å². The Hall–Kier alpha value is -4.01. The number of piperidine rings is 1. The van der Waals surface area contributed by atoms with E-state index in [1.807, 2.05) is 53.4 Å². The highest BCUT2D eigenvalue weighted by Crippen LogP contribution is 2.26. The molecule has 0 saturated carbocycles. The second-order valence-electron chi connectivity index (χ2n) is 7.65. The number of nitrogens with zero attached hydrogens (tertiary/aromatic N) is 6. The topological polar surface area (TPSA) is 99.2 Å². The Bertz CT molecular complexity index is 1220. The SMILES string of the molecule is COc1cccc(C(=O)N2CCCC(n3cc(-c4nc(-c5ccccc5)no4)nn3)C2)c1. The quantitative estimate of drug-likeness (QED) is 0.478. The van der Waals surface area contributed by atoms with Crippen molar-refractivity contribution in [2.24, 2.45) is 0 Å². The van der Waals surface area contributed by atoms with Gasteiger partial charge < -0.3 is 14.2 Å². The highest BCUT2D eigenvalue weighted by Gasteiger charge is 2.27. The minimum absolute atomic E-state index is 0.0154. The van der Waals surface area contributed by atoms with Crippen molar-refractivity contribution in [3.8, 4) is 28.7 Å². The third kappa shape index (κ3) is 3.96. The van der Waals surface area contributed by atoms with Crippen LogP contribution in [0.5, 0.6) is 5.75 Å². The van der Waals surface area contributed by atoms with Crippen LogP contribution in [-0.4, -0.2) is 56.1 Å². The molecule has 2 aromatic carbocycles. The Morgan fingerprint density at radius 1 is 1.16 bits per heavy atom. The predicted molar refractivity (Wildman–Crippen MR) is 116 cm³/mol. The van der Waals surface area contributed by atoms with Gasteiger partial charge in [0.25, 0.3) is 11.8 Å². The van der Waals surface area contributed by atoms with Crippen LogP contribution >= 0.6 is 0 Å². The Morgan fingerprint density at radius 2 is 2.03 bits per heavy atom. The molecule has 0 spiro atoms. The van der Waals surface area contributed by atoms with Gasteiger partial charge in [0, 0.05) is 24.2 Å². The molecule has 1 aliphatic rings. The van der Waals surface area contributed by atoms with Crippen LogP contribution in [0.1, 0.15) is 29.2 Å². The minimum Gasteiger partial charge on any atom is -0.497 e. The van der Waals surface area contributed by atoms with Crippen LogP contribution in [0.2, 0.25) is 0 Å². The number of hydrogen-bond acceptors (Lipinski definition) is 7. The molecule has 4 aromatic rings. The van der Waals surface area contributed by atoms with Gasteiger partial charge in [-0.05, 0) is 31.0 Å². The first kappa shape index (κ1) is 19.9. The van der Waals surface area contributed by atoms with Gasteiger partial charge in [-0.25, -0.2) is 4.68 Å². The van der Waals surface area contributed by atoms with Gasteiger partial charge in [0.1, 0.15) is 5.75 Å². The van der Waals surface area contributed by atoms with Gasteiger partial charge in [-0.15, -0.1) is 5.10 Å². The van der Waals surface area contributed by atoms with Crippen molar-refractivity contribution in [1.82, 2.24) is 30.0 Å². The number of methoxy groups -OCH3 is 1. The summed E-state index contributed by atoms with van der Waals surface area (Å²) in [5.74, 6) is 1.47. The molecule has 32 heavy (non-hydrogen) atoms. The molecule has 1 fully saturated rings. The first-order chi connectivity index (χ1) is 15.7. The molecule has 1 aliphatic heterocycles. The molecule has 0 aliphatic carbocycles. The smallest absolute Gasteiger partial charge is 0.280 e. The summed E-state index contributed by atoms with van der Waals surface area (Å²) < 4.78 is 12.4. The number of likely N-dealkylation sites (tertiary alicyclic amines) is 1. The first-order valence-electron chi connectivity index (χ1n) is 10.5. The van der Waals surface area contributed by atoms with E-state index in [1.54, 1.807) is 24.1 Å². The summed E-state index contributed by atoms with van der Waals surface area (Å²) in [6.45, 7) is 1.26. The van der Waals surface area contributed by atoms with Gasteiger partial charge in [0.2, 0.25) is 5.82 Å². The van der Waals surface area contributed by atoms with Crippen LogP contribution in [0.15, 0.2) is 65.3 Å². The maximum atomic E-state index is 13.0. The standard InChI is InChI=1S/C23H22N6O3/c1-31-19-11-5-9-17(13-19)23(30)28-12-6-10-18(14-28)29-15-20(25-27-29)22-24-21(26-32-22)16-7-3-2-4-8-16/h2-5,7-9,11,13,15,18H,6,10,12,14H2,1H3. The molecule has 0 N–H and O–H groups in total. The molecule has 1 atom stereocenters. The Labute approximate surface area is 184 Å². The molecule has 5 rings (SSSR count). The number of carbonyl (C=O) groups excluding carboxylic acids is 1. The molecular weight excluding hydrogens is 408 g/mol. The highest BCUT2D eigenvalue weighted by atomic mass is 16.5. The minimum atomic E-state index is -0.0154. The molecule has 3 heterocycles. The number of benzene rings is 2. The van der Waals surface area contributed by atoms with E-state index >= 15 is 0 Å². The molecule has 9 heteroatoms. The van der Waals surface area contributed by atoms with Crippen molar-refractivity contribution in [2.75, 3.05) is 20.2 Å². The fourth-order valence-electron chi connectivity index (χ4n) is 3.88. The lowest BCUT2D eigenvalue weighted by atomic mass is 10.0. The number of amides is 1. The van der Waals surface area contributed by atoms with Gasteiger partial charge in [0.05, 0.1) is 19.3 Å². The number of hydrogen-bond donors (Lipinski definition) is 0. The van der Waals surface area contributed by atoms with Gasteiger partial charge in [-0.2, -0.15) is 4.98 Å². The normalized spacial score (nSPS) is 16.2. The number of rotatable bonds is 5. The molecule has 1 saturated heterocycles. The van der Waals surface area contributed by atoms with Crippen molar-refractivity contribution in [3.63, 3.8) is 0 Å². The second kappa shape index (κ2) is 8.62. The fraction of sp³-hybridized carbons (Fsp3) is 0.261. The van der Waals surface area contributed by atoms with Crippen LogP contribution in [0.3, 0.4) is 0 Å². The lowest BCUT2D eigenvalue weighted by Gasteiger charge is -2.32. The van der Waals surface area contributed by atoms with Crippen molar-refractivity contribution in [1.29, 1.82) is 0 Å². The zero-order chi connectivity index (χ0) is 21.9. The average Bonchev–Trinajstić information content (AvgIpc) is 3.54. The van der Waals surface area contributed by atoms with E-state index in [1.165, 1.54) is 0 Å². The van der Waals surface area contributed by atoms with Crippen LogP contribution in [0, 0.1) is 0 Å². The molecule has 9 nitrogen and oxygen atoms in total. The average molecular weight is 430 g/mol. The van der Waals surface area contributed by atoms with E-state index in [-0.39, 0.29) is 11.9 Å². The third-order valence-corrected chi connectivity index (χ3v) is 5.56. The van der Waals surface area contributed by atoms with E-state index in [4.69, 9.17) is 9.26 Å². The van der Waals surface area contributed by atoms with Crippen LogP contribution in [0.25, 0.3) is 23.0 Å². The summed E-state index contributed by atoms with van der Waals surface area (Å²) in [6.07, 6.45) is 3.59. The summed E-state index contributed by atoms with van der Waals surface area (Å²) in [4.78, 5) is 19.3. The molecule has 0 bridgehead atoms. The van der Waals surface area contributed by atoms with Gasteiger partial charge in [-0.1, -0.05) is 46.8 Å². The zero-order valence-corrected chi connectivity index (χ0v) is 17.6. The van der Waals surface area contributed by atoms with E-state index in [0.29, 0.717) is 41.8 Å². The second-order valence-corrected chi connectivity index (χ2v) is 7.65. The Kier molecular flexibility index (Phi) is 5.37. The van der Waals surface area contributed by atoms with Crippen LogP contribution in [0.4, 0.5) is 0 Å². The monoisotopic (exact) mass is 430 g/mol. The third-order valence-electron chi connectivity index (χ3n) is 5.56. The fourth-order valence-corrected chi connectivity index (χ4v) is 3.88. The predicted octanol–water partition coefficient (Wildman–Crippen LogP) is 3.48. The summed E-state index contributed by atoms with van der Waals surface area (Å²) in [6, 6.07) is 16.9. The first-order valence-corrected chi connectivity index (χ1v) is 10.5. The number of aromatic nitrogens is 5. The lowest BCUT2D eigenvalue weighted by Crippen LogP contribution is -2.40. The van der Waals surface area contributed by atoms with Crippen molar-refractivity contribution >= 4 is 5.91 Å². The van der Waals surface area contributed by atoms with Gasteiger partial charge in [0.15, 0.2) is 5.69 Å². The maximum Gasteiger partial charge on any atom is 0.280 e. The van der Waals surface area contributed by atoms with Crippen LogP contribution in [-0.2, 0) is 0 Å². The van der Waals surface area contributed by atoms with E-state index in [2.05, 4.69) is 20.5 Å². The van der Waals surface area contributed by atoms with E-state index in [0.717, 1.165) is 18.4 Å². The molecule has 162 valence electrons. The van der Waals surface area contributed by atoms with Gasteiger partial charge in [-0.3, -0.25) is 4.79 Å². The molecule has 0 radical (unpaired) electrons. The van der Waals surface area contributed by atoms with Crippen molar-refractivity contribution in [3.05, 3.63) is 66.4 Å². The maximum absolute atomic E-state index is 13.0. The van der Waals surface area contributed by atoms with Gasteiger partial charge >= 0.3 is 0 Å². The molecular formula is C23H22N6O3. The summed E-state index contributed by atoms with van der Waals surface area (Å²) in [5, 5.41) is 12.5. The molecule has 1 amide bonds. The van der Waals surface area contributed by atoms with Crippen molar-refractivity contribution in [2.45, 2.75) is 18.9 Å². The largest absolute Gasteiger partial charge is 0.497 e. The van der Waals surface area contributed by atoms with E-state index in [9.17, 15) is 4.79 Å². The Morgan fingerprint density at radius 3 is 2.88 bits per heavy atom. The zero-order valence-electron chi connectivity index (χ0n) is 17.6.